The number of nitrogen functional groups attached to an aromatic ring is 1. The molecule has 3 rings (SSSR count). The van der Waals surface area contributed by atoms with Gasteiger partial charge in [0.05, 0.1) is 26.1 Å². The van der Waals surface area contributed by atoms with Gasteiger partial charge in [-0.1, -0.05) is 19.8 Å². The molecule has 0 aliphatic carbocycles. The normalized spacial score (nSPS) is 23.2. The maximum absolute atomic E-state index is 12.8. The molecule has 3 heterocycles. The molecule has 1 fully saturated rings. The highest BCUT2D eigenvalue weighted by atomic mass is 31.2. The van der Waals surface area contributed by atoms with Crippen molar-refractivity contribution in [2.75, 3.05) is 25.3 Å². The number of fused-ring (bicyclic) bond motifs is 1. The summed E-state index contributed by atoms with van der Waals surface area (Å²) >= 11 is 0. The number of nitrogens with two attached hydrogens (primary N) is 1. The van der Waals surface area contributed by atoms with Crippen LogP contribution in [0.5, 0.6) is 0 Å². The number of carbonyl (C=O) groups excluding carboxylic acids is 1. The monoisotopic (exact) mass is 426 g/mol. The Labute approximate surface area is 168 Å². The lowest BCUT2D eigenvalue weighted by Crippen LogP contribution is -2.39. The molecule has 29 heavy (non-hydrogen) atoms. The van der Waals surface area contributed by atoms with Gasteiger partial charge in [0, 0.05) is 0 Å². The smallest absolute Gasteiger partial charge is 0.323 e. The molecule has 2 aromatic heterocycles. The predicted molar refractivity (Wildman–Crippen MR) is 106 cm³/mol. The van der Waals surface area contributed by atoms with Crippen molar-refractivity contribution >= 4 is 30.5 Å². The molecule has 11 nitrogen and oxygen atoms in total. The van der Waals surface area contributed by atoms with Gasteiger partial charge in [-0.15, -0.1) is 0 Å². The zero-order valence-electron chi connectivity index (χ0n) is 16.6. The molecular weight excluding hydrogens is 399 g/mol. The van der Waals surface area contributed by atoms with Gasteiger partial charge >= 0.3 is 5.97 Å². The quantitative estimate of drug-likeness (QED) is 0.345. The Bertz CT molecular complexity index is 878. The second kappa shape index (κ2) is 9.62. The number of aromatic nitrogens is 4. The summed E-state index contributed by atoms with van der Waals surface area (Å²) in [5, 5.41) is 2.73. The molecule has 160 valence electrons. The molecule has 3 atom stereocenters. The molecule has 0 amide bonds. The predicted octanol–water partition coefficient (Wildman–Crippen LogP) is 1.69. The van der Waals surface area contributed by atoms with E-state index in [0.29, 0.717) is 30.1 Å². The van der Waals surface area contributed by atoms with Gasteiger partial charge in [-0.25, -0.2) is 20.0 Å². The summed E-state index contributed by atoms with van der Waals surface area (Å²) in [5.41, 5.74) is 6.90. The van der Waals surface area contributed by atoms with Crippen LogP contribution in [0.1, 0.15) is 33.1 Å². The fraction of sp³-hybridized carbons (Fsp3) is 0.647. The van der Waals surface area contributed by atoms with Crippen LogP contribution in [0.2, 0.25) is 0 Å². The number of esters is 1. The Morgan fingerprint density at radius 3 is 3.00 bits per heavy atom. The van der Waals surface area contributed by atoms with Crippen molar-refractivity contribution < 1.29 is 23.4 Å². The number of nitrogens with zero attached hydrogens (tertiary/aromatic N) is 4. The summed E-state index contributed by atoms with van der Waals surface area (Å²) in [6.45, 7) is 4.53. The third-order valence-electron chi connectivity index (χ3n) is 4.52. The van der Waals surface area contributed by atoms with E-state index in [1.807, 2.05) is 0 Å². The highest BCUT2D eigenvalue weighted by Crippen LogP contribution is 2.46. The number of unbranched alkanes of at least 4 members (excludes halogenated alkanes) is 2. The minimum absolute atomic E-state index is 0.1000. The van der Waals surface area contributed by atoms with Crippen molar-refractivity contribution in [2.24, 2.45) is 0 Å². The molecule has 0 spiro atoms. The number of ether oxygens (including phenoxy) is 2. The number of rotatable bonds is 9. The lowest BCUT2D eigenvalue weighted by atomic mass is 10.3. The van der Waals surface area contributed by atoms with Gasteiger partial charge in [0.1, 0.15) is 30.3 Å². The lowest BCUT2D eigenvalue weighted by molar-refractivity contribution is -0.145. The maximum atomic E-state index is 12.8. The fourth-order valence-corrected chi connectivity index (χ4v) is 4.65. The van der Waals surface area contributed by atoms with Gasteiger partial charge in [0.2, 0.25) is 0 Å². The first kappa shape index (κ1) is 21.6. The molecule has 2 unspecified atom stereocenters. The number of anilines is 1. The van der Waals surface area contributed by atoms with E-state index in [-0.39, 0.29) is 19.1 Å². The van der Waals surface area contributed by atoms with Crippen molar-refractivity contribution in [3.8, 4) is 0 Å². The van der Waals surface area contributed by atoms with Crippen LogP contribution in [-0.2, 0) is 29.9 Å². The second-order valence-corrected chi connectivity index (χ2v) is 9.06. The molecule has 0 bridgehead atoms. The van der Waals surface area contributed by atoms with Crippen LogP contribution in [-0.4, -0.2) is 57.2 Å². The minimum atomic E-state index is -3.30. The van der Waals surface area contributed by atoms with E-state index in [2.05, 4.69) is 27.0 Å². The average Bonchev–Trinajstić information content (AvgIpc) is 3.11. The zero-order chi connectivity index (χ0) is 20.9. The first-order valence-electron chi connectivity index (χ1n) is 9.63. The van der Waals surface area contributed by atoms with Crippen LogP contribution >= 0.6 is 7.52 Å². The summed E-state index contributed by atoms with van der Waals surface area (Å²) < 4.78 is 31.0. The molecule has 0 saturated carbocycles. The van der Waals surface area contributed by atoms with Crippen molar-refractivity contribution in [3.63, 3.8) is 0 Å². The van der Waals surface area contributed by atoms with Crippen molar-refractivity contribution in [1.29, 1.82) is 0 Å². The summed E-state index contributed by atoms with van der Waals surface area (Å²) in [4.78, 5) is 24.3. The van der Waals surface area contributed by atoms with E-state index in [4.69, 9.17) is 19.7 Å². The minimum Gasteiger partial charge on any atom is -0.465 e. The molecule has 3 N–H and O–H groups in total. The van der Waals surface area contributed by atoms with Gasteiger partial charge in [-0.05, 0) is 13.3 Å². The van der Waals surface area contributed by atoms with Gasteiger partial charge < -0.3 is 24.3 Å². The summed E-state index contributed by atoms with van der Waals surface area (Å²) in [6, 6.07) is -0.750. The van der Waals surface area contributed by atoms with Crippen LogP contribution in [0.15, 0.2) is 12.7 Å². The SMILES string of the molecule is CCCCCOC(=O)[C@H](C)NP1(=O)COC(Cn2cnc3c(N)ncnc32)CO1. The zero-order valence-corrected chi connectivity index (χ0v) is 17.5. The first-order chi connectivity index (χ1) is 13.9. The molecule has 0 aromatic carbocycles. The number of hydrogen-bond donors (Lipinski definition) is 2. The van der Waals surface area contributed by atoms with Crippen LogP contribution in [0.25, 0.3) is 11.2 Å². The highest BCUT2D eigenvalue weighted by molar-refractivity contribution is 7.56. The standard InChI is InChI=1S/C17H27N6O5P/c1-3-4-5-6-26-17(24)12(2)22-29(25)11-27-13(8-28-29)7-23-10-21-14-15(18)19-9-20-16(14)23/h9-10,12-13H,3-8,11H2,1-2H3,(H,22,25)(H2,18,19,20)/t12-,13?,29?/m0/s1. The van der Waals surface area contributed by atoms with Crippen LogP contribution in [0.3, 0.4) is 0 Å². The van der Waals surface area contributed by atoms with Gasteiger partial charge in [0.25, 0.3) is 7.52 Å². The molecule has 0 radical (unpaired) electrons. The number of hydrogen-bond acceptors (Lipinski definition) is 9. The van der Waals surface area contributed by atoms with E-state index in [9.17, 15) is 9.36 Å². The van der Waals surface area contributed by atoms with Crippen molar-refractivity contribution in [2.45, 2.75) is 51.8 Å². The molecular formula is C17H27N6O5P. The summed E-state index contributed by atoms with van der Waals surface area (Å²) in [7, 11) is -3.30. The number of nitrogens with one attached hydrogen (secondary N) is 1. The summed E-state index contributed by atoms with van der Waals surface area (Å²) in [6.07, 6.45) is 5.34. The molecule has 1 saturated heterocycles. The highest BCUT2D eigenvalue weighted by Gasteiger charge is 2.35. The number of carbonyl (C=O) groups is 1. The largest absolute Gasteiger partial charge is 0.465 e. The molecule has 1 aliphatic rings. The topological polar surface area (TPSA) is 143 Å². The average molecular weight is 426 g/mol. The fourth-order valence-electron chi connectivity index (χ4n) is 2.92. The third kappa shape index (κ3) is 5.51. The van der Waals surface area contributed by atoms with E-state index in [1.54, 1.807) is 17.8 Å². The molecule has 2 aromatic rings. The lowest BCUT2D eigenvalue weighted by Gasteiger charge is -2.31. The first-order valence-corrected chi connectivity index (χ1v) is 11.4. The van der Waals surface area contributed by atoms with Crippen molar-refractivity contribution in [3.05, 3.63) is 12.7 Å². The van der Waals surface area contributed by atoms with E-state index in [0.717, 1.165) is 19.3 Å². The second-order valence-electron chi connectivity index (χ2n) is 6.94. The van der Waals surface area contributed by atoms with Gasteiger partial charge in [-0.3, -0.25) is 9.36 Å². The Balaban J connectivity index is 1.49. The van der Waals surface area contributed by atoms with E-state index >= 15 is 0 Å². The van der Waals surface area contributed by atoms with Crippen LogP contribution < -0.4 is 10.8 Å². The van der Waals surface area contributed by atoms with E-state index < -0.39 is 19.5 Å². The Kier molecular flexibility index (Phi) is 7.18. The number of imidazole rings is 1. The third-order valence-corrected chi connectivity index (χ3v) is 6.35. The van der Waals surface area contributed by atoms with E-state index in [1.165, 1.54) is 6.33 Å². The van der Waals surface area contributed by atoms with Gasteiger partial charge in [-0.2, -0.15) is 0 Å². The summed E-state index contributed by atoms with van der Waals surface area (Å²) in [5.74, 6) is -0.150. The van der Waals surface area contributed by atoms with Crippen molar-refractivity contribution in [1.82, 2.24) is 24.6 Å². The van der Waals surface area contributed by atoms with Crippen LogP contribution in [0.4, 0.5) is 5.82 Å². The Hall–Kier alpha value is -2.07. The Morgan fingerprint density at radius 2 is 2.28 bits per heavy atom. The van der Waals surface area contributed by atoms with Crippen LogP contribution in [0, 0.1) is 0 Å². The Morgan fingerprint density at radius 1 is 1.45 bits per heavy atom. The molecule has 12 heteroatoms. The maximum Gasteiger partial charge on any atom is 0.323 e. The molecule has 1 aliphatic heterocycles. The van der Waals surface area contributed by atoms with Gasteiger partial charge in [0.15, 0.2) is 11.5 Å².